The van der Waals surface area contributed by atoms with Gasteiger partial charge in [0.05, 0.1) is 24.3 Å². The van der Waals surface area contributed by atoms with E-state index in [0.29, 0.717) is 24.7 Å². The summed E-state index contributed by atoms with van der Waals surface area (Å²) in [5, 5.41) is 8.06. The van der Waals surface area contributed by atoms with Crippen LogP contribution in [0.5, 0.6) is 0 Å². The number of hydrogen-bond donors (Lipinski definition) is 4. The van der Waals surface area contributed by atoms with Crippen molar-refractivity contribution in [3.63, 3.8) is 0 Å². The maximum atomic E-state index is 12.3. The average Bonchev–Trinajstić information content (AvgIpc) is 3.17. The Morgan fingerprint density at radius 2 is 2.17 bits per heavy atom. The van der Waals surface area contributed by atoms with E-state index in [9.17, 15) is 4.79 Å². The minimum Gasteiger partial charge on any atom is -0.370 e. The van der Waals surface area contributed by atoms with Crippen molar-refractivity contribution in [1.82, 2.24) is 20.6 Å². The van der Waals surface area contributed by atoms with Crippen LogP contribution in [-0.2, 0) is 0 Å². The standard InChI is InChI=1S/C17H18N6O/c18-17-21-8-10(22-17)5-6-19-16(24)14-7-12-11-3-1-2-4-13(11)23-15(12)9-20-14/h1-4,7,9-10,23H,5-6,8H2,(H,19,24)(H3,18,21,22)/t10-/m1/s1. The van der Waals surface area contributed by atoms with Crippen LogP contribution < -0.4 is 16.4 Å². The number of nitrogens with one attached hydrogen (secondary N) is 3. The first-order valence-electron chi connectivity index (χ1n) is 7.92. The predicted octanol–water partition coefficient (Wildman–Crippen LogP) is 1.12. The predicted molar refractivity (Wildman–Crippen MR) is 94.0 cm³/mol. The minimum absolute atomic E-state index is 0.172. The molecule has 5 N–H and O–H groups in total. The van der Waals surface area contributed by atoms with Crippen molar-refractivity contribution in [2.45, 2.75) is 12.5 Å². The van der Waals surface area contributed by atoms with Gasteiger partial charge in [0.1, 0.15) is 5.69 Å². The van der Waals surface area contributed by atoms with E-state index in [0.717, 1.165) is 28.2 Å². The number of carbonyl (C=O) groups excluding carboxylic acids is 1. The number of fused-ring (bicyclic) bond motifs is 3. The van der Waals surface area contributed by atoms with Gasteiger partial charge in [0.25, 0.3) is 5.91 Å². The summed E-state index contributed by atoms with van der Waals surface area (Å²) in [4.78, 5) is 24.0. The molecule has 3 aromatic rings. The Bertz CT molecular complexity index is 945. The molecule has 24 heavy (non-hydrogen) atoms. The Labute approximate surface area is 138 Å². The molecule has 1 aliphatic heterocycles. The molecule has 0 saturated heterocycles. The molecule has 2 aromatic heterocycles. The second kappa shape index (κ2) is 5.84. The first kappa shape index (κ1) is 14.5. The molecule has 0 saturated carbocycles. The zero-order valence-corrected chi connectivity index (χ0v) is 13.0. The van der Waals surface area contributed by atoms with E-state index in [-0.39, 0.29) is 11.9 Å². The third-order valence-corrected chi connectivity index (χ3v) is 4.24. The zero-order valence-electron chi connectivity index (χ0n) is 13.0. The van der Waals surface area contributed by atoms with Gasteiger partial charge in [-0.3, -0.25) is 9.79 Å². The van der Waals surface area contributed by atoms with Crippen LogP contribution in [0.3, 0.4) is 0 Å². The number of rotatable bonds is 4. The first-order valence-corrected chi connectivity index (χ1v) is 7.92. The Kier molecular flexibility index (Phi) is 3.53. The molecule has 0 fully saturated rings. The number of hydrogen-bond acceptors (Lipinski definition) is 5. The number of nitrogens with zero attached hydrogens (tertiary/aromatic N) is 2. The minimum atomic E-state index is -0.172. The molecule has 1 aromatic carbocycles. The van der Waals surface area contributed by atoms with Gasteiger partial charge in [0, 0.05) is 22.8 Å². The van der Waals surface area contributed by atoms with Crippen LogP contribution in [0.1, 0.15) is 16.9 Å². The Hall–Kier alpha value is -3.09. The first-order chi connectivity index (χ1) is 11.7. The van der Waals surface area contributed by atoms with E-state index in [1.807, 2.05) is 30.3 Å². The fourth-order valence-corrected chi connectivity index (χ4v) is 3.00. The van der Waals surface area contributed by atoms with Crippen LogP contribution in [-0.4, -0.2) is 41.0 Å². The molecule has 3 heterocycles. The SMILES string of the molecule is NC1=NC[C@@H](CCNC(=O)c2cc3c(cn2)[nH]c2ccccc23)N1. The Morgan fingerprint density at radius 1 is 1.29 bits per heavy atom. The number of amides is 1. The lowest BCUT2D eigenvalue weighted by Crippen LogP contribution is -2.37. The highest BCUT2D eigenvalue weighted by molar-refractivity contribution is 6.09. The van der Waals surface area contributed by atoms with Crippen molar-refractivity contribution in [2.75, 3.05) is 13.1 Å². The number of nitrogens with two attached hydrogens (primary N) is 1. The lowest BCUT2D eigenvalue weighted by atomic mass is 10.1. The molecule has 1 aliphatic rings. The molecule has 1 amide bonds. The summed E-state index contributed by atoms with van der Waals surface area (Å²) in [7, 11) is 0. The molecule has 7 nitrogen and oxygen atoms in total. The lowest BCUT2D eigenvalue weighted by Gasteiger charge is -2.11. The Balaban J connectivity index is 1.47. The van der Waals surface area contributed by atoms with Gasteiger partial charge in [-0.2, -0.15) is 0 Å². The third kappa shape index (κ3) is 2.64. The topological polar surface area (TPSA) is 108 Å². The van der Waals surface area contributed by atoms with Crippen LogP contribution >= 0.6 is 0 Å². The number of guanidine groups is 1. The van der Waals surface area contributed by atoms with E-state index >= 15 is 0 Å². The Morgan fingerprint density at radius 3 is 3.00 bits per heavy atom. The normalized spacial score (nSPS) is 17.0. The molecule has 0 spiro atoms. The van der Waals surface area contributed by atoms with E-state index in [1.165, 1.54) is 0 Å². The lowest BCUT2D eigenvalue weighted by molar-refractivity contribution is 0.0948. The molecular weight excluding hydrogens is 304 g/mol. The molecule has 1 atom stereocenters. The zero-order chi connectivity index (χ0) is 16.5. The van der Waals surface area contributed by atoms with Gasteiger partial charge in [0.2, 0.25) is 0 Å². The summed E-state index contributed by atoms with van der Waals surface area (Å²) in [6, 6.07) is 10.0. The maximum absolute atomic E-state index is 12.3. The van der Waals surface area contributed by atoms with Crippen molar-refractivity contribution in [2.24, 2.45) is 10.7 Å². The summed E-state index contributed by atoms with van der Waals surface area (Å²) in [6.07, 6.45) is 2.47. The smallest absolute Gasteiger partial charge is 0.269 e. The summed E-state index contributed by atoms with van der Waals surface area (Å²) < 4.78 is 0. The van der Waals surface area contributed by atoms with Crippen molar-refractivity contribution in [3.05, 3.63) is 42.2 Å². The van der Waals surface area contributed by atoms with Crippen LogP contribution in [0.25, 0.3) is 21.8 Å². The second-order valence-electron chi connectivity index (χ2n) is 5.90. The van der Waals surface area contributed by atoms with Crippen molar-refractivity contribution >= 4 is 33.7 Å². The molecule has 7 heteroatoms. The monoisotopic (exact) mass is 322 g/mol. The number of para-hydroxylation sites is 1. The van der Waals surface area contributed by atoms with Crippen LogP contribution in [0.4, 0.5) is 0 Å². The fourth-order valence-electron chi connectivity index (χ4n) is 3.00. The molecule has 0 radical (unpaired) electrons. The number of pyridine rings is 1. The molecule has 122 valence electrons. The van der Waals surface area contributed by atoms with Crippen molar-refractivity contribution in [1.29, 1.82) is 0 Å². The number of aromatic nitrogens is 2. The summed E-state index contributed by atoms with van der Waals surface area (Å²) in [5.41, 5.74) is 7.96. The molecule has 0 aliphatic carbocycles. The van der Waals surface area contributed by atoms with E-state index in [4.69, 9.17) is 5.73 Å². The number of H-pyrrole nitrogens is 1. The van der Waals surface area contributed by atoms with Crippen LogP contribution in [0.2, 0.25) is 0 Å². The van der Waals surface area contributed by atoms with Crippen LogP contribution in [0, 0.1) is 0 Å². The average molecular weight is 322 g/mol. The van der Waals surface area contributed by atoms with Gasteiger partial charge in [0.15, 0.2) is 5.96 Å². The van der Waals surface area contributed by atoms with Gasteiger partial charge < -0.3 is 21.4 Å². The number of benzene rings is 1. The molecule has 4 rings (SSSR count). The summed E-state index contributed by atoms with van der Waals surface area (Å²) in [5.74, 6) is 0.298. The van der Waals surface area contributed by atoms with E-state index < -0.39 is 0 Å². The quantitative estimate of drug-likeness (QED) is 0.577. The highest BCUT2D eigenvalue weighted by atomic mass is 16.1. The number of carbonyl (C=O) groups is 1. The number of aromatic amines is 1. The fraction of sp³-hybridized carbons (Fsp3) is 0.235. The summed E-state index contributed by atoms with van der Waals surface area (Å²) >= 11 is 0. The van der Waals surface area contributed by atoms with E-state index in [2.05, 4.69) is 25.6 Å². The molecule has 0 unspecified atom stereocenters. The van der Waals surface area contributed by atoms with Gasteiger partial charge >= 0.3 is 0 Å². The van der Waals surface area contributed by atoms with Crippen LogP contribution in [0.15, 0.2) is 41.5 Å². The summed E-state index contributed by atoms with van der Waals surface area (Å²) in [6.45, 7) is 1.20. The highest BCUT2D eigenvalue weighted by Gasteiger charge is 2.16. The molecular formula is C17H18N6O. The van der Waals surface area contributed by atoms with Crippen molar-refractivity contribution < 1.29 is 4.79 Å². The third-order valence-electron chi connectivity index (χ3n) is 4.24. The van der Waals surface area contributed by atoms with Gasteiger partial charge in [-0.25, -0.2) is 4.98 Å². The van der Waals surface area contributed by atoms with Gasteiger partial charge in [-0.05, 0) is 18.6 Å². The van der Waals surface area contributed by atoms with Gasteiger partial charge in [-0.1, -0.05) is 18.2 Å². The number of aliphatic imine (C=N–C) groups is 1. The van der Waals surface area contributed by atoms with Gasteiger partial charge in [-0.15, -0.1) is 0 Å². The highest BCUT2D eigenvalue weighted by Crippen LogP contribution is 2.24. The van der Waals surface area contributed by atoms with Crippen molar-refractivity contribution in [3.8, 4) is 0 Å². The molecule has 0 bridgehead atoms. The van der Waals surface area contributed by atoms with E-state index in [1.54, 1.807) is 6.20 Å². The maximum Gasteiger partial charge on any atom is 0.269 e. The second-order valence-corrected chi connectivity index (χ2v) is 5.90. The largest absolute Gasteiger partial charge is 0.370 e.